The van der Waals surface area contributed by atoms with Crippen LogP contribution in [0.15, 0.2) is 15.7 Å². The van der Waals surface area contributed by atoms with Crippen LogP contribution in [0.5, 0.6) is 0 Å². The van der Waals surface area contributed by atoms with Gasteiger partial charge < -0.3 is 10.1 Å². The van der Waals surface area contributed by atoms with E-state index in [9.17, 15) is 0 Å². The Balaban J connectivity index is 1.36. The van der Waals surface area contributed by atoms with Gasteiger partial charge >= 0.3 is 0 Å². The normalized spacial score (nSPS) is 19.9. The number of aryl methyl sites for hydroxylation is 2. The van der Waals surface area contributed by atoms with Crippen molar-refractivity contribution in [1.29, 1.82) is 0 Å². The van der Waals surface area contributed by atoms with Crippen LogP contribution < -0.4 is 5.32 Å². The molecule has 4 heterocycles. The quantitative estimate of drug-likeness (QED) is 0.480. The molecule has 142 valence electrons. The van der Waals surface area contributed by atoms with Crippen LogP contribution >= 0.6 is 34.4 Å². The highest BCUT2D eigenvalue weighted by atomic mass is 32.2. The number of aromatic nitrogens is 4. The zero-order chi connectivity index (χ0) is 18.1. The van der Waals surface area contributed by atoms with Gasteiger partial charge in [-0.3, -0.25) is 0 Å². The molecule has 0 spiro atoms. The third kappa shape index (κ3) is 3.83. The molecule has 0 amide bonds. The summed E-state index contributed by atoms with van der Waals surface area (Å²) in [6, 6.07) is 0. The summed E-state index contributed by atoms with van der Waals surface area (Å²) in [5.41, 5.74) is 1.47. The summed E-state index contributed by atoms with van der Waals surface area (Å²) in [5.74, 6) is 0. The molecule has 0 saturated carbocycles. The van der Waals surface area contributed by atoms with E-state index >= 15 is 0 Å². The molecule has 3 aromatic rings. The standard InChI is InChI=1S/C18H21N5OS3/c1-2-6-12-13(7-3-1)25-15-14(12)16(21-10-20-15)26-18-23-22-17(27-18)19-9-11-5-4-8-24-11/h10-11H,1-9H2,(H,19,22)/t11-/m1/s1. The molecule has 6 nitrogen and oxygen atoms in total. The monoisotopic (exact) mass is 419 g/mol. The van der Waals surface area contributed by atoms with Gasteiger partial charge in [0, 0.05) is 23.4 Å². The summed E-state index contributed by atoms with van der Waals surface area (Å²) >= 11 is 5.03. The molecule has 3 aromatic heterocycles. The fraction of sp³-hybridized carbons (Fsp3) is 0.556. The second kappa shape index (κ2) is 7.98. The number of nitrogens with one attached hydrogen (secondary N) is 1. The predicted octanol–water partition coefficient (Wildman–Crippen LogP) is 4.55. The first kappa shape index (κ1) is 17.8. The van der Waals surface area contributed by atoms with Gasteiger partial charge in [-0.2, -0.15) is 0 Å². The van der Waals surface area contributed by atoms with Crippen LogP contribution in [0, 0.1) is 0 Å². The third-order valence-corrected chi connectivity index (χ3v) is 8.20. The van der Waals surface area contributed by atoms with Crippen molar-refractivity contribution in [3.05, 3.63) is 16.8 Å². The third-order valence-electron chi connectivity index (χ3n) is 5.06. The van der Waals surface area contributed by atoms with E-state index in [0.717, 1.165) is 51.7 Å². The molecular formula is C18H21N5OS3. The van der Waals surface area contributed by atoms with Gasteiger partial charge in [0.25, 0.3) is 0 Å². The molecule has 5 rings (SSSR count). The van der Waals surface area contributed by atoms with Gasteiger partial charge in [-0.1, -0.05) is 17.8 Å². The number of thiophene rings is 1. The van der Waals surface area contributed by atoms with E-state index in [4.69, 9.17) is 4.74 Å². The number of ether oxygens (including phenoxy) is 1. The molecule has 1 aliphatic heterocycles. The molecule has 0 aromatic carbocycles. The smallest absolute Gasteiger partial charge is 0.206 e. The highest BCUT2D eigenvalue weighted by Gasteiger charge is 2.21. The Kier molecular flexibility index (Phi) is 5.26. The molecule has 2 aliphatic rings. The maximum Gasteiger partial charge on any atom is 0.206 e. The lowest BCUT2D eigenvalue weighted by molar-refractivity contribution is 0.120. The van der Waals surface area contributed by atoms with Gasteiger partial charge in [0.2, 0.25) is 5.13 Å². The van der Waals surface area contributed by atoms with Crippen molar-refractivity contribution in [3.8, 4) is 0 Å². The molecule has 27 heavy (non-hydrogen) atoms. The Morgan fingerprint density at radius 2 is 2.07 bits per heavy atom. The maximum absolute atomic E-state index is 5.65. The number of fused-ring (bicyclic) bond motifs is 3. The van der Waals surface area contributed by atoms with Crippen molar-refractivity contribution in [2.24, 2.45) is 0 Å². The maximum atomic E-state index is 5.65. The van der Waals surface area contributed by atoms with Gasteiger partial charge in [0.05, 0.1) is 6.10 Å². The summed E-state index contributed by atoms with van der Waals surface area (Å²) in [7, 11) is 0. The van der Waals surface area contributed by atoms with Crippen LogP contribution in [0.1, 0.15) is 42.5 Å². The predicted molar refractivity (Wildman–Crippen MR) is 110 cm³/mol. The zero-order valence-electron chi connectivity index (χ0n) is 14.9. The molecule has 1 N–H and O–H groups in total. The van der Waals surface area contributed by atoms with Crippen LogP contribution in [0.4, 0.5) is 5.13 Å². The number of hydrogen-bond acceptors (Lipinski definition) is 9. The van der Waals surface area contributed by atoms with E-state index in [1.54, 1.807) is 29.4 Å². The van der Waals surface area contributed by atoms with Gasteiger partial charge in [0.15, 0.2) is 4.34 Å². The average Bonchev–Trinajstić information content (AvgIpc) is 3.38. The Bertz CT molecular complexity index is 934. The molecule has 1 atom stereocenters. The topological polar surface area (TPSA) is 72.8 Å². The van der Waals surface area contributed by atoms with Crippen molar-refractivity contribution in [2.75, 3.05) is 18.5 Å². The second-order valence-electron chi connectivity index (χ2n) is 6.91. The van der Waals surface area contributed by atoms with E-state index < -0.39 is 0 Å². The number of nitrogens with zero attached hydrogens (tertiary/aromatic N) is 4. The van der Waals surface area contributed by atoms with Gasteiger partial charge in [-0.15, -0.1) is 21.5 Å². The van der Waals surface area contributed by atoms with E-state index in [-0.39, 0.29) is 0 Å². The Morgan fingerprint density at radius 3 is 3.00 bits per heavy atom. The highest BCUT2D eigenvalue weighted by Crippen LogP contribution is 2.41. The van der Waals surface area contributed by atoms with Crippen molar-refractivity contribution >= 4 is 49.8 Å². The zero-order valence-corrected chi connectivity index (χ0v) is 17.4. The largest absolute Gasteiger partial charge is 0.376 e. The first-order valence-electron chi connectivity index (χ1n) is 9.49. The molecule has 1 aliphatic carbocycles. The Labute approximate surface area is 170 Å². The minimum absolute atomic E-state index is 0.299. The van der Waals surface area contributed by atoms with Crippen molar-refractivity contribution in [1.82, 2.24) is 20.2 Å². The summed E-state index contributed by atoms with van der Waals surface area (Å²) < 4.78 is 6.57. The summed E-state index contributed by atoms with van der Waals surface area (Å²) in [4.78, 5) is 11.7. The summed E-state index contributed by atoms with van der Waals surface area (Å²) in [5, 5.41) is 15.1. The van der Waals surface area contributed by atoms with E-state index in [2.05, 4.69) is 25.5 Å². The molecule has 1 saturated heterocycles. The number of hydrogen-bond donors (Lipinski definition) is 1. The van der Waals surface area contributed by atoms with Crippen LogP contribution in [-0.4, -0.2) is 39.4 Å². The number of rotatable bonds is 5. The fourth-order valence-electron chi connectivity index (χ4n) is 3.73. The van der Waals surface area contributed by atoms with Crippen LogP contribution in [0.2, 0.25) is 0 Å². The Morgan fingerprint density at radius 1 is 1.11 bits per heavy atom. The molecule has 9 heteroatoms. The van der Waals surface area contributed by atoms with E-state index in [1.165, 1.54) is 41.5 Å². The van der Waals surface area contributed by atoms with E-state index in [1.807, 2.05) is 11.3 Å². The number of anilines is 1. The lowest BCUT2D eigenvalue weighted by Crippen LogP contribution is -2.18. The van der Waals surface area contributed by atoms with Crippen molar-refractivity contribution in [3.63, 3.8) is 0 Å². The minimum Gasteiger partial charge on any atom is -0.376 e. The highest BCUT2D eigenvalue weighted by molar-refractivity contribution is 8.01. The van der Waals surface area contributed by atoms with Crippen LogP contribution in [0.25, 0.3) is 10.2 Å². The minimum atomic E-state index is 0.299. The lowest BCUT2D eigenvalue weighted by atomic mass is 10.1. The molecular weight excluding hydrogens is 398 g/mol. The molecule has 0 unspecified atom stereocenters. The molecule has 0 radical (unpaired) electrons. The van der Waals surface area contributed by atoms with E-state index in [0.29, 0.717) is 6.10 Å². The second-order valence-corrected chi connectivity index (χ2v) is 10.2. The Hall–Kier alpha value is -1.29. The van der Waals surface area contributed by atoms with Crippen molar-refractivity contribution < 1.29 is 4.74 Å². The van der Waals surface area contributed by atoms with Crippen LogP contribution in [-0.2, 0) is 17.6 Å². The van der Waals surface area contributed by atoms with Gasteiger partial charge in [0.1, 0.15) is 16.2 Å². The average molecular weight is 420 g/mol. The fourth-order valence-corrected chi connectivity index (χ4v) is 6.81. The summed E-state index contributed by atoms with van der Waals surface area (Å²) in [6.45, 7) is 1.67. The van der Waals surface area contributed by atoms with Crippen LogP contribution in [0.3, 0.4) is 0 Å². The first-order valence-corrected chi connectivity index (χ1v) is 11.9. The lowest BCUT2D eigenvalue weighted by Gasteiger charge is -2.08. The van der Waals surface area contributed by atoms with Gasteiger partial charge in [-0.05, 0) is 55.9 Å². The SMILES string of the molecule is c1nc(Sc2nnc(NC[C@H]3CCCO3)s2)c2c3c(sc2n1)CCCCC3. The molecule has 0 bridgehead atoms. The molecule has 1 fully saturated rings. The van der Waals surface area contributed by atoms with Gasteiger partial charge in [-0.25, -0.2) is 9.97 Å². The summed E-state index contributed by atoms with van der Waals surface area (Å²) in [6.07, 6.45) is 10.4. The van der Waals surface area contributed by atoms with Crippen molar-refractivity contribution in [2.45, 2.75) is 60.4 Å². The first-order chi connectivity index (χ1) is 13.4.